The number of carbonyl (C=O) groups is 3. The molecule has 2 aromatic rings. The van der Waals surface area contributed by atoms with E-state index in [0.29, 0.717) is 11.3 Å². The van der Waals surface area contributed by atoms with E-state index in [-0.39, 0.29) is 25.2 Å². The van der Waals surface area contributed by atoms with Crippen molar-refractivity contribution in [1.29, 1.82) is 0 Å². The quantitative estimate of drug-likeness (QED) is 0.602. The molecule has 0 spiro atoms. The molecule has 0 radical (unpaired) electrons. The number of ether oxygens (including phenoxy) is 1. The highest BCUT2D eigenvalue weighted by molar-refractivity contribution is 7.12. The van der Waals surface area contributed by atoms with E-state index in [0.717, 1.165) is 15.3 Å². The van der Waals surface area contributed by atoms with Gasteiger partial charge in [-0.1, -0.05) is 12.1 Å². The van der Waals surface area contributed by atoms with Crippen molar-refractivity contribution in [2.24, 2.45) is 0 Å². The zero-order chi connectivity index (χ0) is 18.4. The summed E-state index contributed by atoms with van der Waals surface area (Å²) in [6.07, 6.45) is 0.0419. The van der Waals surface area contributed by atoms with Crippen LogP contribution in [0, 0.1) is 20.8 Å². The first-order valence-electron chi connectivity index (χ1n) is 7.97. The predicted molar refractivity (Wildman–Crippen MR) is 98.1 cm³/mol. The molecular formula is C19H21NO4S. The molecule has 0 aliphatic carbocycles. The van der Waals surface area contributed by atoms with Crippen LogP contribution in [0.1, 0.15) is 38.5 Å². The van der Waals surface area contributed by atoms with Crippen LogP contribution >= 0.6 is 11.3 Å². The van der Waals surface area contributed by atoms with Gasteiger partial charge < -0.3 is 10.1 Å². The Labute approximate surface area is 151 Å². The first-order chi connectivity index (χ1) is 11.8. The van der Waals surface area contributed by atoms with E-state index >= 15 is 0 Å². The number of rotatable bonds is 7. The third-order valence-electron chi connectivity index (χ3n) is 3.56. The Balaban J connectivity index is 1.74. The fraction of sp³-hybridized carbons (Fsp3) is 0.316. The molecule has 0 aliphatic rings. The summed E-state index contributed by atoms with van der Waals surface area (Å²) >= 11 is 1.56. The van der Waals surface area contributed by atoms with Gasteiger partial charge in [-0.15, -0.1) is 11.3 Å². The summed E-state index contributed by atoms with van der Waals surface area (Å²) in [5.74, 6) is -1.05. The van der Waals surface area contributed by atoms with Gasteiger partial charge in [0.15, 0.2) is 12.4 Å². The van der Waals surface area contributed by atoms with Crippen LogP contribution in [0.4, 0.5) is 5.69 Å². The Hall–Kier alpha value is -2.47. The van der Waals surface area contributed by atoms with E-state index in [2.05, 4.69) is 5.32 Å². The Morgan fingerprint density at radius 3 is 2.48 bits per heavy atom. The van der Waals surface area contributed by atoms with E-state index in [1.54, 1.807) is 17.4 Å². The number of amides is 1. The maximum absolute atomic E-state index is 12.1. The number of carbonyl (C=O) groups excluding carboxylic acids is 3. The number of Topliss-reactive ketones (excluding diaryl/α,β-unsaturated/α-hetero) is 1. The highest BCUT2D eigenvalue weighted by Gasteiger charge is 2.15. The van der Waals surface area contributed by atoms with E-state index in [9.17, 15) is 14.4 Å². The number of nitrogens with one attached hydrogen (secondary N) is 1. The summed E-state index contributed by atoms with van der Waals surface area (Å²) in [5.41, 5.74) is 2.33. The van der Waals surface area contributed by atoms with Crippen molar-refractivity contribution in [2.45, 2.75) is 33.6 Å². The summed E-state index contributed by atoms with van der Waals surface area (Å²) in [5, 5.41) is 2.66. The third kappa shape index (κ3) is 5.83. The lowest BCUT2D eigenvalue weighted by molar-refractivity contribution is -0.147. The molecule has 0 fully saturated rings. The van der Waals surface area contributed by atoms with Gasteiger partial charge in [-0.3, -0.25) is 14.4 Å². The highest BCUT2D eigenvalue weighted by Crippen LogP contribution is 2.22. The first-order valence-corrected chi connectivity index (χ1v) is 8.79. The fourth-order valence-electron chi connectivity index (χ4n) is 2.40. The van der Waals surface area contributed by atoms with E-state index in [1.165, 1.54) is 0 Å². The molecule has 0 saturated carbocycles. The number of aryl methyl sites for hydroxylation is 3. The van der Waals surface area contributed by atoms with Crippen molar-refractivity contribution in [2.75, 3.05) is 11.9 Å². The van der Waals surface area contributed by atoms with Gasteiger partial charge in [0, 0.05) is 27.4 Å². The highest BCUT2D eigenvalue weighted by atomic mass is 32.1. The molecular weight excluding hydrogens is 338 g/mol. The molecule has 6 heteroatoms. The van der Waals surface area contributed by atoms with Gasteiger partial charge in [-0.2, -0.15) is 0 Å². The second kappa shape index (κ2) is 8.58. The number of esters is 1. The third-order valence-corrected chi connectivity index (χ3v) is 4.53. The van der Waals surface area contributed by atoms with Crippen molar-refractivity contribution in [3.05, 3.63) is 51.2 Å². The molecule has 2 rings (SSSR count). The van der Waals surface area contributed by atoms with Crippen molar-refractivity contribution in [3.63, 3.8) is 0 Å². The number of hydrogen-bond acceptors (Lipinski definition) is 5. The molecule has 1 N–H and O–H groups in total. The molecule has 1 aromatic heterocycles. The molecule has 0 atom stereocenters. The first kappa shape index (κ1) is 18.9. The molecule has 0 saturated heterocycles. The van der Waals surface area contributed by atoms with Crippen LogP contribution in [0.5, 0.6) is 0 Å². The minimum atomic E-state index is -0.558. The monoisotopic (exact) mass is 359 g/mol. The summed E-state index contributed by atoms with van der Waals surface area (Å²) in [6, 6.07) is 9.17. The summed E-state index contributed by atoms with van der Waals surface area (Å²) < 4.78 is 4.93. The molecule has 0 unspecified atom stereocenters. The maximum atomic E-state index is 12.1. The minimum Gasteiger partial charge on any atom is -0.456 e. The Morgan fingerprint density at radius 2 is 1.84 bits per heavy atom. The summed E-state index contributed by atoms with van der Waals surface area (Å²) in [4.78, 5) is 37.6. The van der Waals surface area contributed by atoms with E-state index in [1.807, 2.05) is 45.0 Å². The summed E-state index contributed by atoms with van der Waals surface area (Å²) in [7, 11) is 0. The van der Waals surface area contributed by atoms with Crippen LogP contribution in [0.15, 0.2) is 30.3 Å². The molecule has 132 valence electrons. The van der Waals surface area contributed by atoms with Gasteiger partial charge in [0.1, 0.15) is 0 Å². The van der Waals surface area contributed by atoms with Gasteiger partial charge in [0.2, 0.25) is 0 Å². The van der Waals surface area contributed by atoms with Gasteiger partial charge in [-0.25, -0.2) is 0 Å². The van der Waals surface area contributed by atoms with Gasteiger partial charge in [-0.05, 0) is 44.5 Å². The molecule has 5 nitrogen and oxygen atoms in total. The van der Waals surface area contributed by atoms with Crippen LogP contribution in [0.2, 0.25) is 0 Å². The molecule has 1 heterocycles. The number of benzene rings is 1. The lowest BCUT2D eigenvalue weighted by Gasteiger charge is -2.07. The van der Waals surface area contributed by atoms with Crippen molar-refractivity contribution < 1.29 is 19.1 Å². The van der Waals surface area contributed by atoms with Crippen molar-refractivity contribution >= 4 is 34.7 Å². The topological polar surface area (TPSA) is 72.5 Å². The van der Waals surface area contributed by atoms with Crippen LogP contribution in [0.3, 0.4) is 0 Å². The molecule has 0 aliphatic heterocycles. The average Bonchev–Trinajstić information content (AvgIpc) is 2.89. The van der Waals surface area contributed by atoms with Crippen molar-refractivity contribution in [1.82, 2.24) is 0 Å². The van der Waals surface area contributed by atoms with Gasteiger partial charge in [0.05, 0.1) is 6.42 Å². The SMILES string of the molecule is Cc1cccc(NC(=O)COC(=O)CCC(=O)c2cc(C)sc2C)c1. The van der Waals surface area contributed by atoms with Crippen LogP contribution in [-0.4, -0.2) is 24.3 Å². The lowest BCUT2D eigenvalue weighted by atomic mass is 10.1. The largest absolute Gasteiger partial charge is 0.456 e. The van der Waals surface area contributed by atoms with E-state index in [4.69, 9.17) is 4.74 Å². The second-order valence-corrected chi connectivity index (χ2v) is 7.29. The van der Waals surface area contributed by atoms with Gasteiger partial charge >= 0.3 is 5.97 Å². The Kier molecular flexibility index (Phi) is 6.47. The average molecular weight is 359 g/mol. The van der Waals surface area contributed by atoms with E-state index < -0.39 is 11.9 Å². The molecule has 1 amide bonds. The van der Waals surface area contributed by atoms with Crippen LogP contribution < -0.4 is 5.32 Å². The zero-order valence-corrected chi connectivity index (χ0v) is 15.4. The summed E-state index contributed by atoms with van der Waals surface area (Å²) in [6.45, 7) is 5.38. The predicted octanol–water partition coefficient (Wildman–Crippen LogP) is 3.82. The fourth-order valence-corrected chi connectivity index (χ4v) is 3.34. The standard InChI is InChI=1S/C19H21NO4S/c1-12-5-4-6-15(9-12)20-18(22)11-24-19(23)8-7-17(21)16-10-13(2)25-14(16)3/h4-6,9-10H,7-8,11H2,1-3H3,(H,20,22). The number of ketones is 1. The van der Waals surface area contributed by atoms with Gasteiger partial charge in [0.25, 0.3) is 5.91 Å². The Bertz CT molecular complexity index is 794. The zero-order valence-electron chi connectivity index (χ0n) is 14.5. The molecule has 1 aromatic carbocycles. The number of anilines is 1. The van der Waals surface area contributed by atoms with Crippen molar-refractivity contribution in [3.8, 4) is 0 Å². The normalized spacial score (nSPS) is 10.4. The smallest absolute Gasteiger partial charge is 0.306 e. The number of hydrogen-bond donors (Lipinski definition) is 1. The lowest BCUT2D eigenvalue weighted by Crippen LogP contribution is -2.21. The molecule has 25 heavy (non-hydrogen) atoms. The number of thiophene rings is 1. The second-order valence-electron chi connectivity index (χ2n) is 5.83. The maximum Gasteiger partial charge on any atom is 0.306 e. The minimum absolute atomic E-state index is 0.0368. The van der Waals surface area contributed by atoms with Crippen LogP contribution in [-0.2, 0) is 14.3 Å². The Morgan fingerprint density at radius 1 is 1.08 bits per heavy atom. The van der Waals surface area contributed by atoms with Crippen LogP contribution in [0.25, 0.3) is 0 Å². The molecule has 0 bridgehead atoms.